The number of hydrogen-bond acceptors (Lipinski definition) is 3. The Kier molecular flexibility index (Phi) is 5.11. The molecule has 1 aromatic carbocycles. The average Bonchev–Trinajstić information content (AvgIpc) is 2.30. The van der Waals surface area contributed by atoms with Crippen LogP contribution in [0.25, 0.3) is 0 Å². The number of benzene rings is 1. The second kappa shape index (κ2) is 6.61. The largest absolute Gasteiger partial charge is 0.370 e. The Morgan fingerprint density at radius 2 is 2.29 bits per heavy atom. The highest BCUT2D eigenvalue weighted by atomic mass is 19.1. The van der Waals surface area contributed by atoms with Crippen molar-refractivity contribution in [1.29, 1.82) is 5.26 Å². The van der Waals surface area contributed by atoms with Crippen LogP contribution < -0.4 is 11.1 Å². The lowest BCUT2D eigenvalue weighted by Gasteiger charge is -2.05. The summed E-state index contributed by atoms with van der Waals surface area (Å²) in [5.74, 6) is -0.734. The summed E-state index contributed by atoms with van der Waals surface area (Å²) in [5.41, 5.74) is 5.79. The number of nitrogens with one attached hydrogen (secondary N) is 1. The van der Waals surface area contributed by atoms with Gasteiger partial charge in [0.15, 0.2) is 0 Å². The highest BCUT2D eigenvalue weighted by molar-refractivity contribution is 5.73. The maximum atomic E-state index is 13.4. The van der Waals surface area contributed by atoms with Gasteiger partial charge in [-0.3, -0.25) is 4.79 Å². The van der Waals surface area contributed by atoms with Gasteiger partial charge in [0.2, 0.25) is 5.91 Å². The first-order valence-electron chi connectivity index (χ1n) is 5.31. The SMILES string of the molecule is N#Cc1ccc(CNCCCC(N)=O)c(F)c1. The molecule has 0 unspecified atom stereocenters. The molecule has 0 aliphatic rings. The monoisotopic (exact) mass is 235 g/mol. The van der Waals surface area contributed by atoms with Crippen LogP contribution in [0.4, 0.5) is 4.39 Å². The highest BCUT2D eigenvalue weighted by Crippen LogP contribution is 2.09. The molecule has 1 aromatic rings. The first kappa shape index (κ1) is 13.1. The Balaban J connectivity index is 2.37. The molecule has 4 nitrogen and oxygen atoms in total. The zero-order valence-electron chi connectivity index (χ0n) is 9.37. The van der Waals surface area contributed by atoms with Crippen LogP contribution >= 0.6 is 0 Å². The van der Waals surface area contributed by atoms with Crippen LogP contribution in [0.5, 0.6) is 0 Å². The van der Waals surface area contributed by atoms with E-state index in [9.17, 15) is 9.18 Å². The van der Waals surface area contributed by atoms with Crippen LogP contribution in [-0.2, 0) is 11.3 Å². The van der Waals surface area contributed by atoms with Crippen LogP contribution in [0.15, 0.2) is 18.2 Å². The number of nitrogens with zero attached hydrogens (tertiary/aromatic N) is 1. The van der Waals surface area contributed by atoms with Crippen molar-refractivity contribution in [3.05, 3.63) is 35.1 Å². The predicted molar refractivity (Wildman–Crippen MR) is 61.3 cm³/mol. The molecule has 0 radical (unpaired) electrons. The van der Waals surface area contributed by atoms with Crippen molar-refractivity contribution in [3.8, 4) is 6.07 Å². The first-order chi connectivity index (χ1) is 8.13. The Morgan fingerprint density at radius 3 is 2.88 bits per heavy atom. The molecule has 0 spiro atoms. The molecule has 0 aliphatic carbocycles. The number of primary amides is 1. The van der Waals surface area contributed by atoms with Gasteiger partial charge in [-0.1, -0.05) is 6.07 Å². The van der Waals surface area contributed by atoms with Gasteiger partial charge in [0.25, 0.3) is 0 Å². The highest BCUT2D eigenvalue weighted by Gasteiger charge is 2.03. The van der Waals surface area contributed by atoms with Crippen molar-refractivity contribution >= 4 is 5.91 Å². The molecule has 0 fully saturated rings. The summed E-state index contributed by atoms with van der Waals surface area (Å²) >= 11 is 0. The van der Waals surface area contributed by atoms with E-state index >= 15 is 0 Å². The van der Waals surface area contributed by atoms with Crippen molar-refractivity contribution in [3.63, 3.8) is 0 Å². The van der Waals surface area contributed by atoms with E-state index in [-0.39, 0.29) is 5.91 Å². The number of hydrogen-bond donors (Lipinski definition) is 2. The van der Waals surface area contributed by atoms with Crippen molar-refractivity contribution < 1.29 is 9.18 Å². The third kappa shape index (κ3) is 4.62. The second-order valence-electron chi connectivity index (χ2n) is 3.66. The van der Waals surface area contributed by atoms with E-state index < -0.39 is 5.82 Å². The van der Waals surface area contributed by atoms with Crippen molar-refractivity contribution in [2.24, 2.45) is 5.73 Å². The standard InChI is InChI=1S/C12H14FN3O/c13-11-6-9(7-14)3-4-10(11)8-16-5-1-2-12(15)17/h3-4,6,16H,1-2,5,8H2,(H2,15,17). The number of amides is 1. The number of carbonyl (C=O) groups excluding carboxylic acids is 1. The molecule has 5 heteroatoms. The lowest BCUT2D eigenvalue weighted by atomic mass is 10.1. The first-order valence-corrected chi connectivity index (χ1v) is 5.31. The van der Waals surface area contributed by atoms with Crippen LogP contribution in [0, 0.1) is 17.1 Å². The predicted octanol–water partition coefficient (Wildman–Crippen LogP) is 1.05. The molecular weight excluding hydrogens is 221 g/mol. The van der Waals surface area contributed by atoms with Gasteiger partial charge < -0.3 is 11.1 Å². The Hall–Kier alpha value is -1.93. The molecule has 17 heavy (non-hydrogen) atoms. The molecule has 0 saturated heterocycles. The summed E-state index contributed by atoms with van der Waals surface area (Å²) in [4.78, 5) is 10.5. The Bertz CT molecular complexity index is 440. The van der Waals surface area contributed by atoms with Crippen LogP contribution in [0.3, 0.4) is 0 Å². The van der Waals surface area contributed by atoms with Gasteiger partial charge in [0.1, 0.15) is 5.82 Å². The molecule has 0 heterocycles. The summed E-state index contributed by atoms with van der Waals surface area (Å²) in [7, 11) is 0. The summed E-state index contributed by atoms with van der Waals surface area (Å²) in [6, 6.07) is 6.23. The zero-order chi connectivity index (χ0) is 12.7. The second-order valence-corrected chi connectivity index (χ2v) is 3.66. The lowest BCUT2D eigenvalue weighted by Crippen LogP contribution is -2.18. The topological polar surface area (TPSA) is 78.9 Å². The summed E-state index contributed by atoms with van der Waals surface area (Å²) in [5, 5.41) is 11.6. The van der Waals surface area contributed by atoms with E-state index in [1.54, 1.807) is 12.1 Å². The molecular formula is C12H14FN3O. The van der Waals surface area contributed by atoms with E-state index in [1.807, 2.05) is 6.07 Å². The zero-order valence-corrected chi connectivity index (χ0v) is 9.37. The number of rotatable bonds is 6. The molecule has 1 rings (SSSR count). The third-order valence-electron chi connectivity index (χ3n) is 2.27. The van der Waals surface area contributed by atoms with Gasteiger partial charge in [-0.05, 0) is 25.1 Å². The fourth-order valence-corrected chi connectivity index (χ4v) is 1.37. The number of nitrogens with two attached hydrogens (primary N) is 1. The van der Waals surface area contributed by atoms with E-state index in [0.29, 0.717) is 37.1 Å². The summed E-state index contributed by atoms with van der Waals surface area (Å²) in [6.07, 6.45) is 0.954. The van der Waals surface area contributed by atoms with Gasteiger partial charge in [0, 0.05) is 18.5 Å². The van der Waals surface area contributed by atoms with Gasteiger partial charge in [0.05, 0.1) is 11.6 Å². The van der Waals surface area contributed by atoms with Crippen LogP contribution in [-0.4, -0.2) is 12.5 Å². The summed E-state index contributed by atoms with van der Waals surface area (Å²) in [6.45, 7) is 0.971. The smallest absolute Gasteiger partial charge is 0.217 e. The van der Waals surface area contributed by atoms with Crippen LogP contribution in [0.2, 0.25) is 0 Å². The Labute approximate surface area is 99.2 Å². The molecule has 0 aliphatic heterocycles. The van der Waals surface area contributed by atoms with E-state index in [0.717, 1.165) is 0 Å². The Morgan fingerprint density at radius 1 is 1.53 bits per heavy atom. The van der Waals surface area contributed by atoms with E-state index in [1.165, 1.54) is 6.07 Å². The molecule has 0 saturated carbocycles. The molecule has 0 bridgehead atoms. The van der Waals surface area contributed by atoms with Crippen molar-refractivity contribution in [1.82, 2.24) is 5.32 Å². The van der Waals surface area contributed by atoms with Crippen molar-refractivity contribution in [2.45, 2.75) is 19.4 Å². The number of carbonyl (C=O) groups is 1. The average molecular weight is 235 g/mol. The quantitative estimate of drug-likeness (QED) is 0.723. The molecule has 0 atom stereocenters. The van der Waals surface area contributed by atoms with Gasteiger partial charge in [-0.25, -0.2) is 4.39 Å². The normalized spacial score (nSPS) is 9.88. The number of nitriles is 1. The lowest BCUT2D eigenvalue weighted by molar-refractivity contribution is -0.118. The minimum absolute atomic E-state index is 0.306. The maximum Gasteiger partial charge on any atom is 0.217 e. The molecule has 0 aromatic heterocycles. The van der Waals surface area contributed by atoms with E-state index in [2.05, 4.69) is 5.32 Å². The minimum atomic E-state index is -0.397. The van der Waals surface area contributed by atoms with Gasteiger partial charge in [-0.2, -0.15) is 5.26 Å². The number of halogens is 1. The van der Waals surface area contributed by atoms with Gasteiger partial charge >= 0.3 is 0 Å². The molecule has 3 N–H and O–H groups in total. The minimum Gasteiger partial charge on any atom is -0.370 e. The van der Waals surface area contributed by atoms with E-state index in [4.69, 9.17) is 11.0 Å². The fourth-order valence-electron chi connectivity index (χ4n) is 1.37. The summed E-state index contributed by atoms with van der Waals surface area (Å²) < 4.78 is 13.4. The molecule has 1 amide bonds. The van der Waals surface area contributed by atoms with Gasteiger partial charge in [-0.15, -0.1) is 0 Å². The third-order valence-corrected chi connectivity index (χ3v) is 2.27. The molecule has 90 valence electrons. The van der Waals surface area contributed by atoms with Crippen molar-refractivity contribution in [2.75, 3.05) is 6.54 Å². The van der Waals surface area contributed by atoms with Crippen LogP contribution in [0.1, 0.15) is 24.0 Å². The fraction of sp³-hybridized carbons (Fsp3) is 0.333. The maximum absolute atomic E-state index is 13.4.